The molecule has 0 aliphatic heterocycles. The standard InChI is InChI=1S/C28H32N4O5/c1-4-5-16-37-22-9-7-21(8-10-22)23-18-24-28(34)31(14-15-32(24)30-23)19-27(33)29-13-12-20-6-11-25(35-2)26(17-20)36-3/h6-11,14-15,17-18H,4-5,12-13,16,19H2,1-3H3,(H,29,33). The van der Waals surface area contributed by atoms with E-state index < -0.39 is 0 Å². The predicted molar refractivity (Wildman–Crippen MR) is 142 cm³/mol. The minimum absolute atomic E-state index is 0.0778. The normalized spacial score (nSPS) is 10.9. The third-order valence-corrected chi connectivity index (χ3v) is 6.02. The van der Waals surface area contributed by atoms with Gasteiger partial charge in [0.1, 0.15) is 17.8 Å². The van der Waals surface area contributed by atoms with Crippen molar-refractivity contribution >= 4 is 11.4 Å². The fourth-order valence-corrected chi connectivity index (χ4v) is 3.94. The SMILES string of the molecule is CCCCOc1ccc(-c2cc3c(=O)n(CC(=O)NCCc4ccc(OC)c(OC)c4)ccn3n2)cc1. The summed E-state index contributed by atoms with van der Waals surface area (Å²) in [5, 5.41) is 7.39. The van der Waals surface area contributed by atoms with E-state index in [-0.39, 0.29) is 18.0 Å². The molecule has 0 spiro atoms. The largest absolute Gasteiger partial charge is 0.494 e. The van der Waals surface area contributed by atoms with Gasteiger partial charge in [-0.15, -0.1) is 0 Å². The first kappa shape index (κ1) is 25.8. The molecule has 2 heterocycles. The number of nitrogens with zero attached hydrogens (tertiary/aromatic N) is 3. The van der Waals surface area contributed by atoms with E-state index in [0.717, 1.165) is 29.7 Å². The van der Waals surface area contributed by atoms with Crippen LogP contribution in [0.2, 0.25) is 0 Å². The molecule has 0 aliphatic rings. The minimum Gasteiger partial charge on any atom is -0.494 e. The quantitative estimate of drug-likeness (QED) is 0.296. The molecule has 4 rings (SSSR count). The zero-order valence-corrected chi connectivity index (χ0v) is 21.4. The molecule has 0 saturated carbocycles. The van der Waals surface area contributed by atoms with E-state index in [4.69, 9.17) is 14.2 Å². The first-order valence-corrected chi connectivity index (χ1v) is 12.3. The number of rotatable bonds is 12. The van der Waals surface area contributed by atoms with E-state index in [1.165, 1.54) is 9.08 Å². The molecule has 0 bridgehead atoms. The summed E-state index contributed by atoms with van der Waals surface area (Å²) >= 11 is 0. The molecule has 0 atom stereocenters. The fourth-order valence-electron chi connectivity index (χ4n) is 3.94. The summed E-state index contributed by atoms with van der Waals surface area (Å²) in [6, 6.07) is 15.0. The van der Waals surface area contributed by atoms with E-state index in [1.807, 2.05) is 42.5 Å². The van der Waals surface area contributed by atoms with Gasteiger partial charge in [-0.2, -0.15) is 5.10 Å². The van der Waals surface area contributed by atoms with Crippen LogP contribution in [-0.2, 0) is 17.8 Å². The molecule has 37 heavy (non-hydrogen) atoms. The van der Waals surface area contributed by atoms with Crippen molar-refractivity contribution < 1.29 is 19.0 Å². The van der Waals surface area contributed by atoms with Crippen molar-refractivity contribution in [3.63, 3.8) is 0 Å². The maximum Gasteiger partial charge on any atom is 0.277 e. The van der Waals surface area contributed by atoms with Crippen LogP contribution in [-0.4, -0.2) is 47.5 Å². The number of hydrogen-bond acceptors (Lipinski definition) is 6. The molecule has 194 valence electrons. The van der Waals surface area contributed by atoms with Gasteiger partial charge in [-0.1, -0.05) is 19.4 Å². The Balaban J connectivity index is 1.38. The number of hydrogen-bond donors (Lipinski definition) is 1. The van der Waals surface area contributed by atoms with E-state index in [2.05, 4.69) is 17.3 Å². The molecule has 0 fully saturated rings. The molecule has 0 saturated heterocycles. The number of carbonyl (C=O) groups excluding carboxylic acids is 1. The number of ether oxygens (including phenoxy) is 3. The lowest BCUT2D eigenvalue weighted by molar-refractivity contribution is -0.121. The van der Waals surface area contributed by atoms with Crippen molar-refractivity contribution in [2.45, 2.75) is 32.7 Å². The lowest BCUT2D eigenvalue weighted by atomic mass is 10.1. The highest BCUT2D eigenvalue weighted by atomic mass is 16.5. The van der Waals surface area contributed by atoms with Crippen LogP contribution in [0.25, 0.3) is 16.8 Å². The Morgan fingerprint density at radius 2 is 1.78 bits per heavy atom. The topological polar surface area (TPSA) is 96.1 Å². The van der Waals surface area contributed by atoms with E-state index >= 15 is 0 Å². The summed E-state index contributed by atoms with van der Waals surface area (Å²) in [6.45, 7) is 3.16. The molecular weight excluding hydrogens is 472 g/mol. The molecular formula is C28H32N4O5. The summed E-state index contributed by atoms with van der Waals surface area (Å²) in [5.74, 6) is 1.86. The first-order chi connectivity index (χ1) is 18.0. The average molecular weight is 505 g/mol. The summed E-state index contributed by atoms with van der Waals surface area (Å²) in [4.78, 5) is 25.5. The molecule has 2 aromatic heterocycles. The van der Waals surface area contributed by atoms with Crippen LogP contribution in [0.3, 0.4) is 0 Å². The number of methoxy groups -OCH3 is 2. The van der Waals surface area contributed by atoms with Gasteiger partial charge in [-0.05, 0) is 60.9 Å². The molecule has 9 heteroatoms. The number of fused-ring (bicyclic) bond motifs is 1. The summed E-state index contributed by atoms with van der Waals surface area (Å²) < 4.78 is 19.2. The average Bonchev–Trinajstić information content (AvgIpc) is 3.36. The summed E-state index contributed by atoms with van der Waals surface area (Å²) in [5.41, 5.74) is 2.68. The van der Waals surface area contributed by atoms with Crippen molar-refractivity contribution in [3.8, 4) is 28.5 Å². The fraction of sp³-hybridized carbons (Fsp3) is 0.321. The number of nitrogens with one attached hydrogen (secondary N) is 1. The molecule has 2 aromatic carbocycles. The van der Waals surface area contributed by atoms with Crippen LogP contribution in [0, 0.1) is 0 Å². The van der Waals surface area contributed by atoms with Crippen molar-refractivity contribution in [2.24, 2.45) is 0 Å². The first-order valence-electron chi connectivity index (χ1n) is 12.3. The lowest BCUT2D eigenvalue weighted by Gasteiger charge is -2.10. The van der Waals surface area contributed by atoms with Gasteiger partial charge >= 0.3 is 0 Å². The van der Waals surface area contributed by atoms with Crippen LogP contribution in [0.1, 0.15) is 25.3 Å². The van der Waals surface area contributed by atoms with Gasteiger partial charge < -0.3 is 24.1 Å². The van der Waals surface area contributed by atoms with Gasteiger partial charge in [0.25, 0.3) is 5.56 Å². The molecule has 0 unspecified atom stereocenters. The van der Waals surface area contributed by atoms with Gasteiger partial charge in [0.05, 0.1) is 26.5 Å². The number of aromatic nitrogens is 3. The Morgan fingerprint density at radius 3 is 2.51 bits per heavy atom. The number of benzene rings is 2. The van der Waals surface area contributed by atoms with Crippen molar-refractivity contribution in [3.05, 3.63) is 76.8 Å². The van der Waals surface area contributed by atoms with Crippen LogP contribution >= 0.6 is 0 Å². The lowest BCUT2D eigenvalue weighted by Crippen LogP contribution is -2.33. The van der Waals surface area contributed by atoms with Gasteiger partial charge in [0.2, 0.25) is 5.91 Å². The van der Waals surface area contributed by atoms with Crippen LogP contribution in [0.4, 0.5) is 0 Å². The molecule has 4 aromatic rings. The highest BCUT2D eigenvalue weighted by Gasteiger charge is 2.12. The van der Waals surface area contributed by atoms with E-state index in [0.29, 0.717) is 42.3 Å². The van der Waals surface area contributed by atoms with E-state index in [9.17, 15) is 9.59 Å². The van der Waals surface area contributed by atoms with Gasteiger partial charge in [0, 0.05) is 24.5 Å². The van der Waals surface area contributed by atoms with Gasteiger partial charge in [-0.3, -0.25) is 9.59 Å². The molecule has 0 aliphatic carbocycles. The molecule has 1 N–H and O–H groups in total. The number of carbonyl (C=O) groups is 1. The maximum atomic E-state index is 13.0. The Morgan fingerprint density at radius 1 is 1.00 bits per heavy atom. The zero-order valence-electron chi connectivity index (χ0n) is 21.4. The third-order valence-electron chi connectivity index (χ3n) is 6.02. The maximum absolute atomic E-state index is 13.0. The summed E-state index contributed by atoms with van der Waals surface area (Å²) in [6.07, 6.45) is 5.97. The van der Waals surface area contributed by atoms with Crippen molar-refractivity contribution in [2.75, 3.05) is 27.4 Å². The number of amides is 1. The third kappa shape index (κ3) is 6.30. The Kier molecular flexibility index (Phi) is 8.45. The smallest absolute Gasteiger partial charge is 0.277 e. The monoisotopic (exact) mass is 504 g/mol. The van der Waals surface area contributed by atoms with Crippen molar-refractivity contribution in [1.29, 1.82) is 0 Å². The molecule has 9 nitrogen and oxygen atoms in total. The Hall–Kier alpha value is -4.27. The Bertz CT molecular complexity index is 1410. The van der Waals surface area contributed by atoms with Crippen LogP contribution < -0.4 is 25.1 Å². The zero-order chi connectivity index (χ0) is 26.2. The predicted octanol–water partition coefficient (Wildman–Crippen LogP) is 3.72. The molecule has 1 amide bonds. The molecule has 0 radical (unpaired) electrons. The second kappa shape index (κ2) is 12.1. The minimum atomic E-state index is -0.282. The number of unbranched alkanes of at least 4 members (excludes halogenated alkanes) is 1. The van der Waals surface area contributed by atoms with Crippen LogP contribution in [0.5, 0.6) is 17.2 Å². The Labute approximate surface area is 215 Å². The highest BCUT2D eigenvalue weighted by molar-refractivity contribution is 5.76. The summed E-state index contributed by atoms with van der Waals surface area (Å²) in [7, 11) is 3.17. The second-order valence-corrected chi connectivity index (χ2v) is 8.61. The van der Waals surface area contributed by atoms with Gasteiger partial charge in [0.15, 0.2) is 11.5 Å². The van der Waals surface area contributed by atoms with E-state index in [1.54, 1.807) is 32.7 Å². The second-order valence-electron chi connectivity index (χ2n) is 8.61. The van der Waals surface area contributed by atoms with Crippen molar-refractivity contribution in [1.82, 2.24) is 19.5 Å². The van der Waals surface area contributed by atoms with Crippen LogP contribution in [0.15, 0.2) is 65.7 Å². The van der Waals surface area contributed by atoms with Gasteiger partial charge in [-0.25, -0.2) is 4.52 Å². The highest BCUT2D eigenvalue weighted by Crippen LogP contribution is 2.27.